The van der Waals surface area contributed by atoms with Gasteiger partial charge >= 0.3 is 0 Å². The van der Waals surface area contributed by atoms with E-state index in [9.17, 15) is 4.79 Å². The first-order valence-corrected chi connectivity index (χ1v) is 8.40. The van der Waals surface area contributed by atoms with Crippen molar-refractivity contribution < 1.29 is 4.79 Å². The number of aromatic nitrogens is 3. The van der Waals surface area contributed by atoms with Crippen LogP contribution in [0, 0.1) is 12.3 Å². The molecule has 2 N–H and O–H groups in total. The summed E-state index contributed by atoms with van der Waals surface area (Å²) in [6.07, 6.45) is 0.792. The van der Waals surface area contributed by atoms with Crippen LogP contribution in [-0.4, -0.2) is 44.9 Å². The van der Waals surface area contributed by atoms with Crippen molar-refractivity contribution in [3.8, 4) is 5.69 Å². The van der Waals surface area contributed by atoms with Crippen molar-refractivity contribution in [1.29, 1.82) is 0 Å². The lowest BCUT2D eigenvalue weighted by molar-refractivity contribution is 0.0526. The van der Waals surface area contributed by atoms with Crippen molar-refractivity contribution in [3.05, 3.63) is 40.7 Å². The van der Waals surface area contributed by atoms with Crippen LogP contribution in [-0.2, 0) is 0 Å². The Bertz CT molecular complexity index is 770. The average Bonchev–Trinajstić information content (AvgIpc) is 2.91. The first kappa shape index (κ1) is 16.9. The van der Waals surface area contributed by atoms with Crippen LogP contribution in [0.1, 0.15) is 36.5 Å². The molecule has 2 aromatic rings. The predicted octanol–water partition coefficient (Wildman–Crippen LogP) is 2.43. The normalized spacial score (nSPS) is 20.2. The first-order chi connectivity index (χ1) is 11.3. The summed E-state index contributed by atoms with van der Waals surface area (Å²) in [4.78, 5) is 14.7. The van der Waals surface area contributed by atoms with Crippen LogP contribution in [0.25, 0.3) is 5.69 Å². The number of rotatable bonds is 2. The molecule has 1 aliphatic rings. The minimum absolute atomic E-state index is 0.0965. The standard InChI is InChI=1S/C17H22ClN5O/c1-11-15(16(24)22-8-7-14(19)17(2,3)10-22)20-21-23(11)13-6-4-5-12(18)9-13/h4-6,9,14H,7-8,10,19H2,1-3H3. The highest BCUT2D eigenvalue weighted by Gasteiger charge is 2.36. The number of halogens is 1. The van der Waals surface area contributed by atoms with Crippen molar-refractivity contribution in [3.63, 3.8) is 0 Å². The summed E-state index contributed by atoms with van der Waals surface area (Å²) in [6.45, 7) is 7.29. The smallest absolute Gasteiger partial charge is 0.276 e. The van der Waals surface area contributed by atoms with Gasteiger partial charge in [-0.1, -0.05) is 36.7 Å². The second-order valence-corrected chi connectivity index (χ2v) is 7.46. The summed E-state index contributed by atoms with van der Waals surface area (Å²) in [5.74, 6) is -0.0965. The Morgan fingerprint density at radius 1 is 1.42 bits per heavy atom. The van der Waals surface area contributed by atoms with E-state index in [4.69, 9.17) is 17.3 Å². The van der Waals surface area contributed by atoms with Gasteiger partial charge in [0.05, 0.1) is 11.4 Å². The zero-order valence-corrected chi connectivity index (χ0v) is 14.9. The van der Waals surface area contributed by atoms with Crippen molar-refractivity contribution >= 4 is 17.5 Å². The molecule has 1 aromatic carbocycles. The number of benzene rings is 1. The van der Waals surface area contributed by atoms with Gasteiger partial charge in [0, 0.05) is 24.2 Å². The zero-order valence-electron chi connectivity index (χ0n) is 14.2. The second-order valence-electron chi connectivity index (χ2n) is 7.03. The number of hydrogen-bond donors (Lipinski definition) is 1. The van der Waals surface area contributed by atoms with E-state index < -0.39 is 0 Å². The molecule has 0 radical (unpaired) electrons. The maximum atomic E-state index is 12.9. The maximum Gasteiger partial charge on any atom is 0.276 e. The van der Waals surface area contributed by atoms with Gasteiger partial charge in [0.2, 0.25) is 0 Å². The molecule has 1 saturated heterocycles. The molecular weight excluding hydrogens is 326 g/mol. The van der Waals surface area contributed by atoms with Crippen LogP contribution in [0.5, 0.6) is 0 Å². The molecular formula is C17H22ClN5O. The molecule has 0 bridgehead atoms. The predicted molar refractivity (Wildman–Crippen MR) is 93.4 cm³/mol. The highest BCUT2D eigenvalue weighted by Crippen LogP contribution is 2.29. The van der Waals surface area contributed by atoms with E-state index >= 15 is 0 Å². The Kier molecular flexibility index (Phi) is 4.36. The minimum atomic E-state index is -0.106. The Morgan fingerprint density at radius 2 is 2.17 bits per heavy atom. The van der Waals surface area contributed by atoms with E-state index in [0.29, 0.717) is 29.5 Å². The molecule has 2 heterocycles. The third-order valence-electron chi connectivity index (χ3n) is 4.75. The lowest BCUT2D eigenvalue weighted by Crippen LogP contribution is -2.54. The fourth-order valence-electron chi connectivity index (χ4n) is 3.08. The van der Waals surface area contributed by atoms with Gasteiger partial charge in [-0.3, -0.25) is 4.79 Å². The van der Waals surface area contributed by atoms with Gasteiger partial charge in [0.15, 0.2) is 5.69 Å². The fourth-order valence-corrected chi connectivity index (χ4v) is 3.26. The quantitative estimate of drug-likeness (QED) is 0.905. The van der Waals surface area contributed by atoms with Crippen molar-refractivity contribution in [2.45, 2.75) is 33.2 Å². The Hall–Kier alpha value is -1.92. The number of piperidine rings is 1. The molecule has 24 heavy (non-hydrogen) atoms. The molecule has 0 spiro atoms. The van der Waals surface area contributed by atoms with Crippen LogP contribution < -0.4 is 5.73 Å². The molecule has 0 saturated carbocycles. The summed E-state index contributed by atoms with van der Waals surface area (Å²) < 4.78 is 1.64. The minimum Gasteiger partial charge on any atom is -0.337 e. The van der Waals surface area contributed by atoms with Gasteiger partial charge in [0.1, 0.15) is 0 Å². The number of carbonyl (C=O) groups is 1. The highest BCUT2D eigenvalue weighted by atomic mass is 35.5. The lowest BCUT2D eigenvalue weighted by atomic mass is 9.79. The largest absolute Gasteiger partial charge is 0.337 e. The van der Waals surface area contributed by atoms with Gasteiger partial charge in [-0.15, -0.1) is 5.10 Å². The van der Waals surface area contributed by atoms with Gasteiger partial charge in [-0.05, 0) is 37.0 Å². The highest BCUT2D eigenvalue weighted by molar-refractivity contribution is 6.30. The molecule has 1 aromatic heterocycles. The van der Waals surface area contributed by atoms with E-state index in [-0.39, 0.29) is 17.4 Å². The van der Waals surface area contributed by atoms with E-state index in [1.807, 2.05) is 24.0 Å². The third-order valence-corrected chi connectivity index (χ3v) is 4.98. The van der Waals surface area contributed by atoms with Gasteiger partial charge in [-0.2, -0.15) is 0 Å². The summed E-state index contributed by atoms with van der Waals surface area (Å²) in [5, 5.41) is 8.85. The topological polar surface area (TPSA) is 77.0 Å². The molecule has 1 fully saturated rings. The SMILES string of the molecule is Cc1c(C(=O)N2CCC(N)C(C)(C)C2)nnn1-c1cccc(Cl)c1. The van der Waals surface area contributed by atoms with Crippen LogP contribution >= 0.6 is 11.6 Å². The fraction of sp³-hybridized carbons (Fsp3) is 0.471. The Labute approximate surface area is 146 Å². The molecule has 128 valence electrons. The first-order valence-electron chi connectivity index (χ1n) is 8.03. The lowest BCUT2D eigenvalue weighted by Gasteiger charge is -2.42. The van der Waals surface area contributed by atoms with Crippen molar-refractivity contribution in [2.75, 3.05) is 13.1 Å². The maximum absolute atomic E-state index is 12.9. The van der Waals surface area contributed by atoms with Gasteiger partial charge in [0.25, 0.3) is 5.91 Å². The summed E-state index contributed by atoms with van der Waals surface area (Å²) in [7, 11) is 0. The number of amides is 1. The van der Waals surface area contributed by atoms with Crippen molar-refractivity contribution in [1.82, 2.24) is 19.9 Å². The second kappa shape index (κ2) is 6.18. The molecule has 6 nitrogen and oxygen atoms in total. The number of likely N-dealkylation sites (tertiary alicyclic amines) is 1. The average molecular weight is 348 g/mol. The molecule has 1 unspecified atom stereocenters. The monoisotopic (exact) mass is 347 g/mol. The van der Waals surface area contributed by atoms with E-state index in [2.05, 4.69) is 24.2 Å². The van der Waals surface area contributed by atoms with Crippen LogP contribution in [0.2, 0.25) is 5.02 Å². The molecule has 0 aliphatic carbocycles. The van der Waals surface area contributed by atoms with E-state index in [1.165, 1.54) is 0 Å². The van der Waals surface area contributed by atoms with Gasteiger partial charge < -0.3 is 10.6 Å². The number of nitrogens with two attached hydrogens (primary N) is 1. The Balaban J connectivity index is 1.87. The van der Waals surface area contributed by atoms with Crippen molar-refractivity contribution in [2.24, 2.45) is 11.1 Å². The van der Waals surface area contributed by atoms with E-state index in [0.717, 1.165) is 12.1 Å². The molecule has 1 aliphatic heterocycles. The Morgan fingerprint density at radius 3 is 2.83 bits per heavy atom. The van der Waals surface area contributed by atoms with Crippen LogP contribution in [0.15, 0.2) is 24.3 Å². The summed E-state index contributed by atoms with van der Waals surface area (Å²) in [5.41, 5.74) is 7.91. The van der Waals surface area contributed by atoms with E-state index in [1.54, 1.807) is 16.8 Å². The third kappa shape index (κ3) is 3.03. The summed E-state index contributed by atoms with van der Waals surface area (Å²) >= 11 is 6.03. The number of hydrogen-bond acceptors (Lipinski definition) is 4. The summed E-state index contributed by atoms with van der Waals surface area (Å²) in [6, 6.07) is 7.41. The zero-order chi connectivity index (χ0) is 17.5. The molecule has 7 heteroatoms. The molecule has 1 amide bonds. The van der Waals surface area contributed by atoms with Gasteiger partial charge in [-0.25, -0.2) is 4.68 Å². The number of carbonyl (C=O) groups excluding carboxylic acids is 1. The molecule has 3 rings (SSSR count). The molecule has 1 atom stereocenters. The van der Waals surface area contributed by atoms with Crippen LogP contribution in [0.4, 0.5) is 0 Å². The van der Waals surface area contributed by atoms with Crippen LogP contribution in [0.3, 0.4) is 0 Å². The number of nitrogens with zero attached hydrogens (tertiary/aromatic N) is 4.